The normalized spacial score (nSPS) is 10.9. The van der Waals surface area contributed by atoms with Gasteiger partial charge < -0.3 is 14.6 Å². The Kier molecular flexibility index (Phi) is 6.06. The topological polar surface area (TPSA) is 82.3 Å². The highest BCUT2D eigenvalue weighted by Gasteiger charge is 2.11. The lowest BCUT2D eigenvalue weighted by atomic mass is 10.1. The van der Waals surface area contributed by atoms with Gasteiger partial charge >= 0.3 is 11.1 Å². The summed E-state index contributed by atoms with van der Waals surface area (Å²) in [6, 6.07) is 14.3. The number of para-hydroxylation sites is 2. The largest absolute Gasteiger partial charge is 0.385 e. The Bertz CT molecular complexity index is 1100. The minimum Gasteiger partial charge on any atom is -0.385 e. The second kappa shape index (κ2) is 8.67. The van der Waals surface area contributed by atoms with E-state index in [4.69, 9.17) is 4.74 Å². The Balaban J connectivity index is 1.83. The highest BCUT2D eigenvalue weighted by Crippen LogP contribution is 2.12. The first-order valence-electron chi connectivity index (χ1n) is 9.07. The SMILES string of the molecule is COCCCNC(=O)c1ccc(Cn2c(=O)c(=O)n(C)c3ccccc32)cc1. The molecule has 1 amide bonds. The Hall–Kier alpha value is -3.19. The third-order valence-electron chi connectivity index (χ3n) is 4.63. The number of ether oxygens (including phenoxy) is 1. The van der Waals surface area contributed by atoms with Gasteiger partial charge in [-0.3, -0.25) is 19.0 Å². The number of aryl methyl sites for hydroxylation is 1. The van der Waals surface area contributed by atoms with E-state index < -0.39 is 11.1 Å². The maximum atomic E-state index is 12.5. The van der Waals surface area contributed by atoms with E-state index in [1.54, 1.807) is 38.4 Å². The van der Waals surface area contributed by atoms with Crippen LogP contribution in [0.5, 0.6) is 0 Å². The maximum absolute atomic E-state index is 12.5. The van der Waals surface area contributed by atoms with Gasteiger partial charge in [0.15, 0.2) is 0 Å². The van der Waals surface area contributed by atoms with E-state index >= 15 is 0 Å². The highest BCUT2D eigenvalue weighted by atomic mass is 16.5. The Labute approximate surface area is 162 Å². The third kappa shape index (κ3) is 4.04. The van der Waals surface area contributed by atoms with Crippen molar-refractivity contribution in [3.8, 4) is 0 Å². The first-order valence-corrected chi connectivity index (χ1v) is 9.07. The molecule has 3 aromatic rings. The molecule has 0 spiro atoms. The van der Waals surface area contributed by atoms with Crippen molar-refractivity contribution in [2.75, 3.05) is 20.3 Å². The lowest BCUT2D eigenvalue weighted by molar-refractivity contribution is 0.0948. The van der Waals surface area contributed by atoms with Crippen LogP contribution in [0.4, 0.5) is 0 Å². The van der Waals surface area contributed by atoms with Crippen molar-refractivity contribution >= 4 is 16.9 Å². The molecule has 0 saturated carbocycles. The number of methoxy groups -OCH3 is 1. The lowest BCUT2D eigenvalue weighted by Crippen LogP contribution is -2.40. The summed E-state index contributed by atoms with van der Waals surface area (Å²) in [5.74, 6) is -0.154. The number of fused-ring (bicyclic) bond motifs is 1. The van der Waals surface area contributed by atoms with Crippen LogP contribution in [0.25, 0.3) is 11.0 Å². The van der Waals surface area contributed by atoms with Gasteiger partial charge in [-0.1, -0.05) is 24.3 Å². The fourth-order valence-corrected chi connectivity index (χ4v) is 3.08. The summed E-state index contributed by atoms with van der Waals surface area (Å²) < 4.78 is 7.79. The second-order valence-corrected chi connectivity index (χ2v) is 6.54. The number of carbonyl (C=O) groups excluding carboxylic acids is 1. The molecule has 3 rings (SSSR count). The van der Waals surface area contributed by atoms with Gasteiger partial charge in [0, 0.05) is 32.9 Å². The van der Waals surface area contributed by atoms with Crippen LogP contribution in [0, 0.1) is 0 Å². The summed E-state index contributed by atoms with van der Waals surface area (Å²) in [5, 5.41) is 2.83. The summed E-state index contributed by atoms with van der Waals surface area (Å²) in [4.78, 5) is 36.9. The molecule has 0 unspecified atom stereocenters. The van der Waals surface area contributed by atoms with Crippen molar-refractivity contribution in [2.45, 2.75) is 13.0 Å². The van der Waals surface area contributed by atoms with E-state index in [1.807, 2.05) is 24.3 Å². The van der Waals surface area contributed by atoms with Gasteiger partial charge in [-0.25, -0.2) is 0 Å². The van der Waals surface area contributed by atoms with Crippen LogP contribution in [0.1, 0.15) is 22.3 Å². The molecule has 1 N–H and O–H groups in total. The molecular formula is C21H23N3O4. The van der Waals surface area contributed by atoms with E-state index in [9.17, 15) is 14.4 Å². The standard InChI is InChI=1S/C21H23N3O4/c1-23-17-6-3-4-7-18(17)24(21(27)20(23)26)14-15-8-10-16(11-9-15)19(25)22-12-5-13-28-2/h3-4,6-11H,5,12-14H2,1-2H3,(H,22,25). The van der Waals surface area contributed by atoms with Gasteiger partial charge in [0.25, 0.3) is 5.91 Å². The van der Waals surface area contributed by atoms with Crippen LogP contribution in [-0.2, 0) is 18.3 Å². The number of rotatable bonds is 7. The number of benzene rings is 2. The molecule has 0 aliphatic rings. The third-order valence-corrected chi connectivity index (χ3v) is 4.63. The van der Waals surface area contributed by atoms with Gasteiger partial charge in [-0.2, -0.15) is 0 Å². The lowest BCUT2D eigenvalue weighted by Gasteiger charge is -2.13. The molecule has 7 nitrogen and oxygen atoms in total. The molecule has 0 radical (unpaired) electrons. The molecule has 0 aliphatic carbocycles. The van der Waals surface area contributed by atoms with Crippen LogP contribution < -0.4 is 16.4 Å². The van der Waals surface area contributed by atoms with Gasteiger partial charge in [-0.05, 0) is 36.2 Å². The molecule has 7 heteroatoms. The second-order valence-electron chi connectivity index (χ2n) is 6.54. The summed E-state index contributed by atoms with van der Waals surface area (Å²) in [7, 11) is 3.22. The summed E-state index contributed by atoms with van der Waals surface area (Å²) in [6.07, 6.45) is 0.749. The van der Waals surface area contributed by atoms with E-state index in [0.29, 0.717) is 29.7 Å². The number of hydrogen-bond acceptors (Lipinski definition) is 4. The average molecular weight is 381 g/mol. The maximum Gasteiger partial charge on any atom is 0.317 e. The van der Waals surface area contributed by atoms with Gasteiger partial charge in [-0.15, -0.1) is 0 Å². The molecule has 28 heavy (non-hydrogen) atoms. The molecule has 0 atom stereocenters. The Morgan fingerprint density at radius 2 is 1.68 bits per heavy atom. The molecule has 2 aromatic carbocycles. The van der Waals surface area contributed by atoms with E-state index in [0.717, 1.165) is 12.0 Å². The first kappa shape index (κ1) is 19.6. The fraction of sp³-hybridized carbons (Fsp3) is 0.286. The van der Waals surface area contributed by atoms with Crippen molar-refractivity contribution in [1.82, 2.24) is 14.5 Å². The number of nitrogens with one attached hydrogen (secondary N) is 1. The number of aromatic nitrogens is 2. The molecule has 0 aliphatic heterocycles. The van der Waals surface area contributed by atoms with Crippen LogP contribution in [-0.4, -0.2) is 35.3 Å². The first-order chi connectivity index (χ1) is 13.5. The predicted octanol–water partition coefficient (Wildman–Crippen LogP) is 1.51. The van der Waals surface area contributed by atoms with E-state index in [-0.39, 0.29) is 12.5 Å². The number of hydrogen-bond donors (Lipinski definition) is 1. The van der Waals surface area contributed by atoms with Gasteiger partial charge in [0.2, 0.25) is 0 Å². The zero-order valence-electron chi connectivity index (χ0n) is 16.0. The van der Waals surface area contributed by atoms with Crippen molar-refractivity contribution in [1.29, 1.82) is 0 Å². The minimum absolute atomic E-state index is 0.154. The molecule has 1 heterocycles. The number of amides is 1. The predicted molar refractivity (Wildman–Crippen MR) is 108 cm³/mol. The van der Waals surface area contributed by atoms with Crippen molar-refractivity contribution < 1.29 is 9.53 Å². The van der Waals surface area contributed by atoms with Gasteiger partial charge in [0.1, 0.15) is 0 Å². The zero-order chi connectivity index (χ0) is 20.1. The molecule has 0 saturated heterocycles. The Morgan fingerprint density at radius 3 is 2.36 bits per heavy atom. The van der Waals surface area contributed by atoms with Crippen LogP contribution in [0.3, 0.4) is 0 Å². The van der Waals surface area contributed by atoms with E-state index in [1.165, 1.54) is 9.13 Å². The van der Waals surface area contributed by atoms with Crippen molar-refractivity contribution in [3.63, 3.8) is 0 Å². The summed E-state index contributed by atoms with van der Waals surface area (Å²) in [5.41, 5.74) is 1.62. The summed E-state index contributed by atoms with van der Waals surface area (Å²) in [6.45, 7) is 1.40. The molecule has 0 fully saturated rings. The van der Waals surface area contributed by atoms with Crippen LogP contribution in [0.2, 0.25) is 0 Å². The Morgan fingerprint density at radius 1 is 1.00 bits per heavy atom. The zero-order valence-corrected chi connectivity index (χ0v) is 16.0. The quantitative estimate of drug-likeness (QED) is 0.497. The number of carbonyl (C=O) groups is 1. The molecular weight excluding hydrogens is 358 g/mol. The van der Waals surface area contributed by atoms with E-state index in [2.05, 4.69) is 5.32 Å². The molecule has 1 aromatic heterocycles. The van der Waals surface area contributed by atoms with Crippen LogP contribution in [0.15, 0.2) is 58.1 Å². The van der Waals surface area contributed by atoms with Crippen molar-refractivity contribution in [3.05, 3.63) is 80.4 Å². The number of nitrogens with zero attached hydrogens (tertiary/aromatic N) is 2. The van der Waals surface area contributed by atoms with Gasteiger partial charge in [0.05, 0.1) is 17.6 Å². The summed E-state index contributed by atoms with van der Waals surface area (Å²) >= 11 is 0. The fourth-order valence-electron chi connectivity index (χ4n) is 3.08. The smallest absolute Gasteiger partial charge is 0.317 e. The molecule has 0 bridgehead atoms. The van der Waals surface area contributed by atoms with Crippen molar-refractivity contribution in [2.24, 2.45) is 7.05 Å². The minimum atomic E-state index is -0.568. The average Bonchev–Trinajstić information content (AvgIpc) is 2.73. The van der Waals surface area contributed by atoms with Crippen LogP contribution >= 0.6 is 0 Å². The monoisotopic (exact) mass is 381 g/mol. The molecule has 146 valence electrons. The highest BCUT2D eigenvalue weighted by molar-refractivity contribution is 5.94.